The quantitative estimate of drug-likeness (QED) is 0.176. The topological polar surface area (TPSA) is 69.9 Å². The van der Waals surface area contributed by atoms with E-state index in [1.54, 1.807) is 0 Å². The number of nitrogens with zero attached hydrogens (tertiary/aromatic N) is 4. The zero-order valence-electron chi connectivity index (χ0n) is 30.4. The highest BCUT2D eigenvalue weighted by atomic mass is 16.3. The Balaban J connectivity index is 1.08. The highest BCUT2D eigenvalue weighted by Crippen LogP contribution is 2.43. The van der Waals surface area contributed by atoms with E-state index in [0.29, 0.717) is 17.5 Å². The maximum Gasteiger partial charge on any atom is 0.164 e. The fourth-order valence-electron chi connectivity index (χ4n) is 8.57. The van der Waals surface area contributed by atoms with Gasteiger partial charge in [-0.15, -0.1) is 0 Å². The van der Waals surface area contributed by atoms with Crippen LogP contribution in [0.1, 0.15) is 0 Å². The molecule has 0 fully saturated rings. The number of fused-ring (bicyclic) bond motifs is 9. The molecule has 0 atom stereocenters. The Morgan fingerprint density at radius 2 is 0.860 bits per heavy atom. The van der Waals surface area contributed by atoms with E-state index in [1.165, 1.54) is 10.8 Å². The molecule has 12 aromatic rings. The van der Waals surface area contributed by atoms with Gasteiger partial charge in [0.1, 0.15) is 22.3 Å². The normalized spacial score (nSPS) is 11.9. The van der Waals surface area contributed by atoms with Crippen LogP contribution in [-0.2, 0) is 0 Å². The Morgan fingerprint density at radius 3 is 1.61 bits per heavy atom. The minimum Gasteiger partial charge on any atom is -0.456 e. The summed E-state index contributed by atoms with van der Waals surface area (Å²) in [6.07, 6.45) is 0. The van der Waals surface area contributed by atoms with Crippen molar-refractivity contribution >= 4 is 65.7 Å². The molecule has 6 nitrogen and oxygen atoms in total. The van der Waals surface area contributed by atoms with Gasteiger partial charge in [0.15, 0.2) is 17.5 Å². The molecule has 57 heavy (non-hydrogen) atoms. The molecule has 0 amide bonds. The van der Waals surface area contributed by atoms with Gasteiger partial charge >= 0.3 is 0 Å². The van der Waals surface area contributed by atoms with Gasteiger partial charge in [-0.05, 0) is 60.2 Å². The fraction of sp³-hybridized carbons (Fsp3) is 0. The predicted octanol–water partition coefficient (Wildman–Crippen LogP) is 13.4. The van der Waals surface area contributed by atoms with E-state index in [0.717, 1.165) is 88.4 Å². The van der Waals surface area contributed by atoms with Crippen molar-refractivity contribution in [1.29, 1.82) is 0 Å². The van der Waals surface area contributed by atoms with Crippen LogP contribution >= 0.6 is 0 Å². The second-order valence-electron chi connectivity index (χ2n) is 14.3. The molecular weight excluding hydrogens is 701 g/mol. The van der Waals surface area contributed by atoms with Gasteiger partial charge in [0, 0.05) is 54.6 Å². The minimum absolute atomic E-state index is 0.572. The van der Waals surface area contributed by atoms with Crippen LogP contribution in [0.2, 0.25) is 0 Å². The summed E-state index contributed by atoms with van der Waals surface area (Å²) in [5.74, 6) is 1.75. The van der Waals surface area contributed by atoms with Crippen LogP contribution in [0.5, 0.6) is 0 Å². The highest BCUT2D eigenvalue weighted by Gasteiger charge is 2.21. The van der Waals surface area contributed by atoms with Crippen molar-refractivity contribution in [2.75, 3.05) is 0 Å². The Kier molecular flexibility index (Phi) is 6.83. The van der Waals surface area contributed by atoms with Gasteiger partial charge in [-0.3, -0.25) is 0 Å². The predicted molar refractivity (Wildman–Crippen MR) is 230 cm³/mol. The molecule has 0 saturated carbocycles. The van der Waals surface area contributed by atoms with Crippen LogP contribution in [0, 0.1) is 0 Å². The zero-order valence-corrected chi connectivity index (χ0v) is 30.4. The molecule has 4 heterocycles. The summed E-state index contributed by atoms with van der Waals surface area (Å²) >= 11 is 0. The van der Waals surface area contributed by atoms with Crippen LogP contribution in [0.15, 0.2) is 191 Å². The summed E-state index contributed by atoms with van der Waals surface area (Å²) in [5.41, 5.74) is 11.5. The lowest BCUT2D eigenvalue weighted by Gasteiger charge is -2.15. The van der Waals surface area contributed by atoms with Crippen LogP contribution in [0.4, 0.5) is 0 Å². The molecule has 0 aliphatic heterocycles. The Morgan fingerprint density at radius 1 is 0.333 bits per heavy atom. The van der Waals surface area contributed by atoms with Crippen molar-refractivity contribution < 1.29 is 8.83 Å². The van der Waals surface area contributed by atoms with E-state index in [-0.39, 0.29) is 0 Å². The van der Waals surface area contributed by atoms with Crippen molar-refractivity contribution in [3.05, 3.63) is 182 Å². The summed E-state index contributed by atoms with van der Waals surface area (Å²) in [5, 5.41) is 6.47. The van der Waals surface area contributed by atoms with Gasteiger partial charge in [0.25, 0.3) is 0 Å². The average Bonchev–Trinajstić information content (AvgIpc) is 3.96. The number of furan rings is 2. The van der Waals surface area contributed by atoms with Crippen LogP contribution < -0.4 is 0 Å². The maximum atomic E-state index is 6.57. The number of benzene rings is 8. The van der Waals surface area contributed by atoms with Gasteiger partial charge in [0.2, 0.25) is 0 Å². The van der Waals surface area contributed by atoms with Crippen LogP contribution in [0.3, 0.4) is 0 Å². The van der Waals surface area contributed by atoms with E-state index in [2.05, 4.69) is 108 Å². The second kappa shape index (κ2) is 12.3. The summed E-state index contributed by atoms with van der Waals surface area (Å²) in [6, 6.07) is 62.7. The molecule has 12 rings (SSSR count). The molecule has 0 unspecified atom stereocenters. The first-order valence-corrected chi connectivity index (χ1v) is 19.0. The van der Waals surface area contributed by atoms with E-state index in [1.807, 2.05) is 78.9 Å². The van der Waals surface area contributed by atoms with E-state index < -0.39 is 0 Å². The summed E-state index contributed by atoms with van der Waals surface area (Å²) in [4.78, 5) is 15.4. The zero-order chi connectivity index (χ0) is 37.5. The number of hydrogen-bond acceptors (Lipinski definition) is 5. The molecule has 0 bridgehead atoms. The van der Waals surface area contributed by atoms with E-state index in [9.17, 15) is 0 Å². The molecule has 0 aliphatic carbocycles. The SMILES string of the molecule is c1ccc(-c2nc(-c3ccc4oc5cccc(-c6ccccc6-n6c7ccccc7c7ccccc76)c5c4c3)nc(-c3cccc4oc5ccccc5c34)n2)cc1. The molecular formula is C51H30N4O2. The smallest absolute Gasteiger partial charge is 0.164 e. The summed E-state index contributed by atoms with van der Waals surface area (Å²) < 4.78 is 15.2. The Bertz CT molecular complexity index is 3490. The highest BCUT2D eigenvalue weighted by molar-refractivity contribution is 6.15. The average molecular weight is 731 g/mol. The first kappa shape index (κ1) is 31.5. The first-order chi connectivity index (χ1) is 28.3. The summed E-state index contributed by atoms with van der Waals surface area (Å²) in [7, 11) is 0. The first-order valence-electron chi connectivity index (χ1n) is 19.0. The molecule has 6 heteroatoms. The number of hydrogen-bond donors (Lipinski definition) is 0. The fourth-order valence-corrected chi connectivity index (χ4v) is 8.57. The number of para-hydroxylation sites is 4. The molecule has 4 aromatic heterocycles. The van der Waals surface area contributed by atoms with Gasteiger partial charge < -0.3 is 13.4 Å². The molecule has 0 saturated heterocycles. The maximum absolute atomic E-state index is 6.57. The van der Waals surface area contributed by atoms with Gasteiger partial charge in [-0.2, -0.15) is 0 Å². The Hall–Kier alpha value is -7.83. The molecule has 266 valence electrons. The van der Waals surface area contributed by atoms with Crippen molar-refractivity contribution in [2.45, 2.75) is 0 Å². The third-order valence-corrected chi connectivity index (χ3v) is 11.1. The summed E-state index contributed by atoms with van der Waals surface area (Å²) in [6.45, 7) is 0. The Labute approximate surface area is 325 Å². The third kappa shape index (κ3) is 4.87. The monoisotopic (exact) mass is 730 g/mol. The molecule has 0 aliphatic rings. The number of aromatic nitrogens is 4. The van der Waals surface area contributed by atoms with Gasteiger partial charge in [-0.1, -0.05) is 127 Å². The molecule has 0 radical (unpaired) electrons. The van der Waals surface area contributed by atoms with E-state index >= 15 is 0 Å². The lowest BCUT2D eigenvalue weighted by molar-refractivity contribution is 0.668. The van der Waals surface area contributed by atoms with Crippen molar-refractivity contribution in [2.24, 2.45) is 0 Å². The molecule has 8 aromatic carbocycles. The third-order valence-electron chi connectivity index (χ3n) is 11.1. The lowest BCUT2D eigenvalue weighted by atomic mass is 9.97. The standard InChI is InChI=1S/C51H30N4O2/c1-2-14-31(15-3-1)49-52-50(54-51(53-49)38-21-13-27-46-48(38)37-19-7-11-25-43(37)56-46)32-28-29-44-39(30-32)47-36(20-12-26-45(47)57-44)35-18-6-10-24-42(35)55-40-22-8-4-16-33(40)34-17-5-9-23-41(34)55/h1-30H. The van der Waals surface area contributed by atoms with Crippen LogP contribution in [0.25, 0.3) is 117 Å². The van der Waals surface area contributed by atoms with Gasteiger partial charge in [0.05, 0.1) is 16.7 Å². The van der Waals surface area contributed by atoms with Gasteiger partial charge in [-0.25, -0.2) is 15.0 Å². The molecule has 0 spiro atoms. The van der Waals surface area contributed by atoms with Crippen molar-refractivity contribution in [3.8, 4) is 51.0 Å². The largest absolute Gasteiger partial charge is 0.456 e. The second-order valence-corrected chi connectivity index (χ2v) is 14.3. The minimum atomic E-state index is 0.572. The molecule has 0 N–H and O–H groups in total. The van der Waals surface area contributed by atoms with Crippen LogP contribution in [-0.4, -0.2) is 19.5 Å². The number of rotatable bonds is 5. The lowest BCUT2D eigenvalue weighted by Crippen LogP contribution is -2.00. The van der Waals surface area contributed by atoms with Crippen molar-refractivity contribution in [1.82, 2.24) is 19.5 Å². The van der Waals surface area contributed by atoms with E-state index in [4.69, 9.17) is 23.8 Å². The van der Waals surface area contributed by atoms with Crippen molar-refractivity contribution in [3.63, 3.8) is 0 Å².